The van der Waals surface area contributed by atoms with Crippen LogP contribution in [-0.2, 0) is 6.54 Å². The van der Waals surface area contributed by atoms with E-state index in [1.54, 1.807) is 23.0 Å². The van der Waals surface area contributed by atoms with Crippen molar-refractivity contribution in [3.63, 3.8) is 0 Å². The van der Waals surface area contributed by atoms with Crippen LogP contribution in [-0.4, -0.2) is 19.9 Å². The number of nitro groups is 1. The highest BCUT2D eigenvalue weighted by atomic mass is 79.9. The smallest absolute Gasteiger partial charge is 0.275 e. The van der Waals surface area contributed by atoms with Gasteiger partial charge in [0.15, 0.2) is 0 Å². The molecule has 8 heteroatoms. The van der Waals surface area contributed by atoms with Gasteiger partial charge in [0.05, 0.1) is 35.0 Å². The molecule has 2 N–H and O–H groups in total. The number of hydrogen-bond acceptors (Lipinski definition) is 5. The van der Waals surface area contributed by atoms with Gasteiger partial charge in [-0.1, -0.05) is 34.5 Å². The molecule has 1 atom stereocenters. The van der Waals surface area contributed by atoms with E-state index < -0.39 is 4.92 Å². The van der Waals surface area contributed by atoms with Gasteiger partial charge in [-0.15, -0.1) is 5.10 Å². The maximum atomic E-state index is 11.1. The van der Waals surface area contributed by atoms with Crippen molar-refractivity contribution >= 4 is 21.6 Å². The Balaban J connectivity index is 2.21. The van der Waals surface area contributed by atoms with Crippen LogP contribution in [0.3, 0.4) is 0 Å². The lowest BCUT2D eigenvalue weighted by Crippen LogP contribution is -2.10. The van der Waals surface area contributed by atoms with Crippen LogP contribution in [0.5, 0.6) is 0 Å². The average Bonchev–Trinajstić information content (AvgIpc) is 2.89. The molecular weight excluding hydrogens is 338 g/mol. The topological polar surface area (TPSA) is 99.9 Å². The van der Waals surface area contributed by atoms with E-state index in [9.17, 15) is 10.1 Å². The normalized spacial score (nSPS) is 12.3. The van der Waals surface area contributed by atoms with Crippen molar-refractivity contribution < 1.29 is 4.92 Å². The number of rotatable bonds is 6. The Hall–Kier alpha value is -1.80. The van der Waals surface area contributed by atoms with Crippen molar-refractivity contribution in [2.24, 2.45) is 5.73 Å². The lowest BCUT2D eigenvalue weighted by Gasteiger charge is -2.05. The summed E-state index contributed by atoms with van der Waals surface area (Å²) in [4.78, 5) is 10.7. The van der Waals surface area contributed by atoms with E-state index in [1.807, 2.05) is 0 Å². The summed E-state index contributed by atoms with van der Waals surface area (Å²) >= 11 is 3.23. The average molecular weight is 354 g/mol. The summed E-state index contributed by atoms with van der Waals surface area (Å²) in [6.07, 6.45) is 3.54. The van der Waals surface area contributed by atoms with E-state index in [2.05, 4.69) is 33.2 Å². The molecule has 112 valence electrons. The largest absolute Gasteiger partial charge is 0.323 e. The fourth-order valence-electron chi connectivity index (χ4n) is 2.03. The Kier molecular flexibility index (Phi) is 5.03. The van der Waals surface area contributed by atoms with Crippen LogP contribution in [0.25, 0.3) is 0 Å². The summed E-state index contributed by atoms with van der Waals surface area (Å²) in [7, 11) is 0. The molecule has 1 aromatic heterocycles. The van der Waals surface area contributed by atoms with Crippen LogP contribution in [0.1, 0.15) is 37.1 Å². The number of aromatic nitrogens is 3. The van der Waals surface area contributed by atoms with Crippen molar-refractivity contribution in [1.29, 1.82) is 0 Å². The third-order valence-corrected chi connectivity index (χ3v) is 3.61. The van der Waals surface area contributed by atoms with Crippen LogP contribution in [0, 0.1) is 10.1 Å². The third kappa shape index (κ3) is 3.85. The number of hydrogen-bond donors (Lipinski definition) is 1. The van der Waals surface area contributed by atoms with Crippen molar-refractivity contribution in [2.45, 2.75) is 32.4 Å². The Labute approximate surface area is 130 Å². The van der Waals surface area contributed by atoms with Crippen LogP contribution in [0.2, 0.25) is 0 Å². The van der Waals surface area contributed by atoms with Crippen LogP contribution in [0.15, 0.2) is 28.9 Å². The minimum atomic E-state index is -0.402. The van der Waals surface area contributed by atoms with Gasteiger partial charge in [0.2, 0.25) is 0 Å². The first kappa shape index (κ1) is 15.6. The molecule has 0 spiro atoms. The van der Waals surface area contributed by atoms with E-state index in [0.29, 0.717) is 15.7 Å². The first-order valence-electron chi connectivity index (χ1n) is 6.59. The van der Waals surface area contributed by atoms with E-state index >= 15 is 0 Å². The standard InChI is InChI=1S/C13H16BrN5O2/c1-2-3-11(15)12-8-18(17-16-12)7-9-4-5-10(14)6-13(9)19(20)21/h4-6,8,11H,2-3,7,15H2,1H3. The van der Waals surface area contributed by atoms with Crippen molar-refractivity contribution in [1.82, 2.24) is 15.0 Å². The molecule has 0 bridgehead atoms. The zero-order valence-electron chi connectivity index (χ0n) is 11.6. The first-order valence-corrected chi connectivity index (χ1v) is 7.39. The zero-order valence-corrected chi connectivity index (χ0v) is 13.2. The van der Waals surface area contributed by atoms with Gasteiger partial charge in [-0.05, 0) is 18.6 Å². The molecular formula is C13H16BrN5O2. The fourth-order valence-corrected chi connectivity index (χ4v) is 2.38. The van der Waals surface area contributed by atoms with Gasteiger partial charge >= 0.3 is 0 Å². The first-order chi connectivity index (χ1) is 10.0. The molecule has 1 unspecified atom stereocenters. The molecule has 0 amide bonds. The molecule has 0 radical (unpaired) electrons. The monoisotopic (exact) mass is 353 g/mol. The SMILES string of the molecule is CCCC(N)c1cn(Cc2ccc(Br)cc2[N+](=O)[O-])nn1. The van der Waals surface area contributed by atoms with Crippen molar-refractivity contribution in [3.05, 3.63) is 50.2 Å². The molecule has 21 heavy (non-hydrogen) atoms. The predicted molar refractivity (Wildman–Crippen MR) is 81.8 cm³/mol. The maximum absolute atomic E-state index is 11.1. The molecule has 0 aliphatic rings. The van der Waals surface area contributed by atoms with Crippen LogP contribution < -0.4 is 5.73 Å². The van der Waals surface area contributed by atoms with Gasteiger partial charge in [-0.2, -0.15) is 0 Å². The van der Waals surface area contributed by atoms with Gasteiger partial charge in [0.25, 0.3) is 5.69 Å². The van der Waals surface area contributed by atoms with Gasteiger partial charge in [-0.25, -0.2) is 4.68 Å². The lowest BCUT2D eigenvalue weighted by atomic mass is 10.1. The van der Waals surface area contributed by atoms with E-state index in [0.717, 1.165) is 12.8 Å². The number of benzene rings is 1. The highest BCUT2D eigenvalue weighted by Gasteiger charge is 2.16. The second-order valence-electron chi connectivity index (χ2n) is 4.77. The maximum Gasteiger partial charge on any atom is 0.275 e. The van der Waals surface area contributed by atoms with E-state index in [1.165, 1.54) is 6.07 Å². The van der Waals surface area contributed by atoms with Gasteiger partial charge < -0.3 is 5.73 Å². The summed E-state index contributed by atoms with van der Waals surface area (Å²) in [5.41, 5.74) is 7.31. The van der Waals surface area contributed by atoms with Crippen molar-refractivity contribution in [2.75, 3.05) is 0 Å². The number of nitro benzene ring substituents is 1. The Morgan fingerprint density at radius 1 is 1.52 bits per heavy atom. The number of halogens is 1. The van der Waals surface area contributed by atoms with E-state index in [-0.39, 0.29) is 18.3 Å². The highest BCUT2D eigenvalue weighted by molar-refractivity contribution is 9.10. The van der Waals surface area contributed by atoms with E-state index in [4.69, 9.17) is 5.73 Å². The summed E-state index contributed by atoms with van der Waals surface area (Å²) in [5.74, 6) is 0. The van der Waals surface area contributed by atoms with Crippen molar-refractivity contribution in [3.8, 4) is 0 Å². The minimum Gasteiger partial charge on any atom is -0.323 e. The van der Waals surface area contributed by atoms with Gasteiger partial charge in [0.1, 0.15) is 0 Å². The van der Waals surface area contributed by atoms with Crippen LogP contribution >= 0.6 is 15.9 Å². The molecule has 0 aliphatic heterocycles. The number of nitrogens with zero attached hydrogens (tertiary/aromatic N) is 4. The Morgan fingerprint density at radius 3 is 2.95 bits per heavy atom. The molecule has 0 saturated heterocycles. The molecule has 7 nitrogen and oxygen atoms in total. The van der Waals surface area contributed by atoms with Crippen LogP contribution in [0.4, 0.5) is 5.69 Å². The summed E-state index contributed by atoms with van der Waals surface area (Å²) in [6.45, 7) is 2.34. The molecule has 1 heterocycles. The number of nitrogens with two attached hydrogens (primary N) is 1. The Morgan fingerprint density at radius 2 is 2.29 bits per heavy atom. The zero-order chi connectivity index (χ0) is 15.4. The second-order valence-corrected chi connectivity index (χ2v) is 5.68. The third-order valence-electron chi connectivity index (χ3n) is 3.11. The predicted octanol–water partition coefficient (Wildman–Crippen LogP) is 2.80. The molecule has 0 saturated carbocycles. The highest BCUT2D eigenvalue weighted by Crippen LogP contribution is 2.24. The lowest BCUT2D eigenvalue weighted by molar-refractivity contribution is -0.385. The quantitative estimate of drug-likeness (QED) is 0.635. The molecule has 0 aliphatic carbocycles. The summed E-state index contributed by atoms with van der Waals surface area (Å²) < 4.78 is 2.24. The molecule has 0 fully saturated rings. The molecule has 2 rings (SSSR count). The summed E-state index contributed by atoms with van der Waals surface area (Å²) in [5, 5.41) is 19.1. The summed E-state index contributed by atoms with van der Waals surface area (Å²) in [6, 6.07) is 4.80. The minimum absolute atomic E-state index is 0.0549. The molecule has 2 aromatic rings. The second kappa shape index (κ2) is 6.77. The van der Waals surface area contributed by atoms with Gasteiger partial charge in [-0.3, -0.25) is 10.1 Å². The fraction of sp³-hybridized carbons (Fsp3) is 0.385. The Bertz CT molecular complexity index is 643. The molecule has 1 aromatic carbocycles. The van der Waals surface area contributed by atoms with Gasteiger partial charge in [0, 0.05) is 10.5 Å².